The van der Waals surface area contributed by atoms with Gasteiger partial charge in [-0.15, -0.1) is 10.2 Å². The van der Waals surface area contributed by atoms with Gasteiger partial charge in [0.05, 0.1) is 24.2 Å². The van der Waals surface area contributed by atoms with Crippen LogP contribution in [0, 0.1) is 6.92 Å². The predicted octanol–water partition coefficient (Wildman–Crippen LogP) is 4.43. The first-order valence-corrected chi connectivity index (χ1v) is 11.1. The standard InChI is InChI=1S/C22H23ClN4O2S/c1-15-5-3-8-19(13-15)27-21(26-9-11-29-12-10-26)24-25-22(27)30-16(2)20(28)17-6-4-7-18(23)14-17/h3-8,13-14,16H,9-12H2,1-2H3. The summed E-state index contributed by atoms with van der Waals surface area (Å²) in [6.45, 7) is 6.77. The summed E-state index contributed by atoms with van der Waals surface area (Å²) in [4.78, 5) is 15.1. The number of ketones is 1. The first-order chi connectivity index (χ1) is 14.5. The molecule has 1 fully saturated rings. The second-order valence-corrected chi connectivity index (χ2v) is 8.94. The van der Waals surface area contributed by atoms with Gasteiger partial charge in [-0.25, -0.2) is 0 Å². The molecular formula is C22H23ClN4O2S. The Morgan fingerprint density at radius 1 is 1.13 bits per heavy atom. The summed E-state index contributed by atoms with van der Waals surface area (Å²) in [5.41, 5.74) is 2.72. The molecule has 0 saturated carbocycles. The van der Waals surface area contributed by atoms with Crippen LogP contribution in [0.4, 0.5) is 5.95 Å². The molecule has 2 heterocycles. The minimum atomic E-state index is -0.339. The number of anilines is 1. The van der Waals surface area contributed by atoms with Gasteiger partial charge in [0, 0.05) is 23.7 Å². The highest BCUT2D eigenvalue weighted by atomic mass is 35.5. The first-order valence-electron chi connectivity index (χ1n) is 9.84. The molecule has 1 unspecified atom stereocenters. The fourth-order valence-corrected chi connectivity index (χ4v) is 4.52. The minimum Gasteiger partial charge on any atom is -0.378 e. The van der Waals surface area contributed by atoms with E-state index >= 15 is 0 Å². The zero-order valence-electron chi connectivity index (χ0n) is 16.9. The lowest BCUT2D eigenvalue weighted by Crippen LogP contribution is -2.37. The number of benzene rings is 2. The van der Waals surface area contributed by atoms with Crippen LogP contribution in [0.1, 0.15) is 22.8 Å². The lowest BCUT2D eigenvalue weighted by atomic mass is 10.1. The van der Waals surface area contributed by atoms with Gasteiger partial charge in [0.1, 0.15) is 0 Å². The van der Waals surface area contributed by atoms with Gasteiger partial charge in [-0.2, -0.15) is 0 Å². The molecule has 1 aliphatic heterocycles. The summed E-state index contributed by atoms with van der Waals surface area (Å²) in [6.07, 6.45) is 0. The smallest absolute Gasteiger partial charge is 0.232 e. The molecule has 0 aliphatic carbocycles. The van der Waals surface area contributed by atoms with E-state index in [0.29, 0.717) is 29.0 Å². The second-order valence-electron chi connectivity index (χ2n) is 7.19. The van der Waals surface area contributed by atoms with Crippen LogP contribution in [0.15, 0.2) is 53.7 Å². The van der Waals surface area contributed by atoms with Crippen molar-refractivity contribution in [3.63, 3.8) is 0 Å². The van der Waals surface area contributed by atoms with Gasteiger partial charge < -0.3 is 9.64 Å². The largest absolute Gasteiger partial charge is 0.378 e. The van der Waals surface area contributed by atoms with E-state index in [1.807, 2.05) is 23.6 Å². The van der Waals surface area contributed by atoms with Crippen molar-refractivity contribution in [2.24, 2.45) is 0 Å². The monoisotopic (exact) mass is 442 g/mol. The van der Waals surface area contributed by atoms with E-state index in [1.165, 1.54) is 11.8 Å². The fraction of sp³-hybridized carbons (Fsp3) is 0.318. The molecule has 6 nitrogen and oxygen atoms in total. The minimum absolute atomic E-state index is 0.00853. The molecule has 1 atom stereocenters. The fourth-order valence-electron chi connectivity index (χ4n) is 3.39. The van der Waals surface area contributed by atoms with E-state index < -0.39 is 0 Å². The number of carbonyl (C=O) groups is 1. The van der Waals surface area contributed by atoms with Crippen LogP contribution in [0.25, 0.3) is 5.69 Å². The van der Waals surface area contributed by atoms with E-state index in [0.717, 1.165) is 30.3 Å². The molecule has 0 radical (unpaired) electrons. The molecule has 8 heteroatoms. The molecule has 1 saturated heterocycles. The Kier molecular flexibility index (Phi) is 6.41. The van der Waals surface area contributed by atoms with Crippen LogP contribution in [-0.2, 0) is 4.74 Å². The highest BCUT2D eigenvalue weighted by molar-refractivity contribution is 8.00. The molecule has 0 bridgehead atoms. The number of nitrogens with zero attached hydrogens (tertiary/aromatic N) is 4. The number of Topliss-reactive ketones (excluding diaryl/α,β-unsaturated/α-hetero) is 1. The summed E-state index contributed by atoms with van der Waals surface area (Å²) in [5, 5.41) is 9.82. The lowest BCUT2D eigenvalue weighted by molar-refractivity contribution is 0.0994. The molecule has 2 aromatic carbocycles. The average molecular weight is 443 g/mol. The molecule has 30 heavy (non-hydrogen) atoms. The quantitative estimate of drug-likeness (QED) is 0.415. The van der Waals surface area contributed by atoms with Gasteiger partial charge >= 0.3 is 0 Å². The number of halogens is 1. The third kappa shape index (κ3) is 4.53. The number of carbonyl (C=O) groups excluding carboxylic acids is 1. The number of ether oxygens (including phenoxy) is 1. The number of aryl methyl sites for hydroxylation is 1. The SMILES string of the molecule is Cc1cccc(-n2c(SC(C)C(=O)c3cccc(Cl)c3)nnc2N2CCOCC2)c1. The number of rotatable bonds is 6. The van der Waals surface area contributed by atoms with Gasteiger partial charge in [-0.3, -0.25) is 9.36 Å². The zero-order valence-corrected chi connectivity index (χ0v) is 18.5. The normalized spacial score (nSPS) is 15.2. The maximum absolute atomic E-state index is 12.9. The third-order valence-electron chi connectivity index (χ3n) is 4.93. The van der Waals surface area contributed by atoms with Gasteiger partial charge in [0.15, 0.2) is 10.9 Å². The Balaban J connectivity index is 1.67. The summed E-state index contributed by atoms with van der Waals surface area (Å²) >= 11 is 7.47. The summed E-state index contributed by atoms with van der Waals surface area (Å²) < 4.78 is 7.52. The molecule has 1 aromatic heterocycles. The Labute approximate surface area is 185 Å². The van der Waals surface area contributed by atoms with Crippen molar-refractivity contribution in [1.29, 1.82) is 0 Å². The molecule has 4 rings (SSSR count). The van der Waals surface area contributed by atoms with Crippen LogP contribution in [-0.4, -0.2) is 52.1 Å². The third-order valence-corrected chi connectivity index (χ3v) is 6.21. The molecule has 0 amide bonds. The highest BCUT2D eigenvalue weighted by Gasteiger charge is 2.25. The van der Waals surface area contributed by atoms with Crippen molar-refractivity contribution in [1.82, 2.24) is 14.8 Å². The molecular weight excluding hydrogens is 420 g/mol. The van der Waals surface area contributed by atoms with Crippen LogP contribution >= 0.6 is 23.4 Å². The second kappa shape index (κ2) is 9.20. The number of hydrogen-bond acceptors (Lipinski definition) is 6. The molecule has 1 aliphatic rings. The number of thioether (sulfide) groups is 1. The van der Waals surface area contributed by atoms with Crippen LogP contribution in [0.3, 0.4) is 0 Å². The highest BCUT2D eigenvalue weighted by Crippen LogP contribution is 2.31. The number of morpholine rings is 1. The lowest BCUT2D eigenvalue weighted by Gasteiger charge is -2.28. The van der Waals surface area contributed by atoms with E-state index in [9.17, 15) is 4.79 Å². The van der Waals surface area contributed by atoms with Crippen LogP contribution in [0.5, 0.6) is 0 Å². The van der Waals surface area contributed by atoms with Crippen molar-refractivity contribution < 1.29 is 9.53 Å². The van der Waals surface area contributed by atoms with Crippen LogP contribution in [0.2, 0.25) is 5.02 Å². The molecule has 156 valence electrons. The Morgan fingerprint density at radius 2 is 1.90 bits per heavy atom. The summed E-state index contributed by atoms with van der Waals surface area (Å²) in [7, 11) is 0. The first kappa shape index (κ1) is 20.9. The average Bonchev–Trinajstić information content (AvgIpc) is 3.17. The van der Waals surface area contributed by atoms with Gasteiger partial charge in [-0.05, 0) is 43.7 Å². The van der Waals surface area contributed by atoms with Gasteiger partial charge in [-0.1, -0.05) is 47.6 Å². The van der Waals surface area contributed by atoms with Crippen molar-refractivity contribution in [3.05, 3.63) is 64.7 Å². The van der Waals surface area contributed by atoms with Crippen LogP contribution < -0.4 is 4.90 Å². The zero-order chi connectivity index (χ0) is 21.1. The Morgan fingerprint density at radius 3 is 2.63 bits per heavy atom. The van der Waals surface area contributed by atoms with Crippen molar-refractivity contribution in [3.8, 4) is 5.69 Å². The van der Waals surface area contributed by atoms with Crippen molar-refractivity contribution >= 4 is 35.1 Å². The number of hydrogen-bond donors (Lipinski definition) is 0. The Bertz CT molecular complexity index is 1050. The maximum Gasteiger partial charge on any atom is 0.232 e. The van der Waals surface area contributed by atoms with Gasteiger partial charge in [0.25, 0.3) is 0 Å². The summed E-state index contributed by atoms with van der Waals surface area (Å²) in [5.74, 6) is 0.781. The summed E-state index contributed by atoms with van der Waals surface area (Å²) in [6, 6.07) is 15.2. The van der Waals surface area contributed by atoms with Crippen molar-refractivity contribution in [2.75, 3.05) is 31.2 Å². The Hall–Kier alpha value is -2.35. The van der Waals surface area contributed by atoms with E-state index in [4.69, 9.17) is 16.3 Å². The van der Waals surface area contributed by atoms with Crippen molar-refractivity contribution in [2.45, 2.75) is 24.3 Å². The maximum atomic E-state index is 12.9. The molecule has 0 N–H and O–H groups in total. The molecule has 3 aromatic rings. The topological polar surface area (TPSA) is 60.2 Å². The van der Waals surface area contributed by atoms with Gasteiger partial charge in [0.2, 0.25) is 5.95 Å². The van der Waals surface area contributed by atoms with E-state index in [-0.39, 0.29) is 11.0 Å². The van der Waals surface area contributed by atoms with E-state index in [2.05, 4.69) is 34.2 Å². The number of aromatic nitrogens is 3. The molecule has 0 spiro atoms. The predicted molar refractivity (Wildman–Crippen MR) is 120 cm³/mol. The van der Waals surface area contributed by atoms with E-state index in [1.54, 1.807) is 24.3 Å².